The lowest BCUT2D eigenvalue weighted by atomic mass is 9.71. The van der Waals surface area contributed by atoms with Crippen molar-refractivity contribution in [1.82, 2.24) is 15.5 Å². The van der Waals surface area contributed by atoms with Crippen LogP contribution in [0.15, 0.2) is 0 Å². The number of rotatable bonds is 6. The van der Waals surface area contributed by atoms with Crippen molar-refractivity contribution >= 4 is 11.8 Å². The molecule has 0 aromatic carbocycles. The Kier molecular flexibility index (Phi) is 7.14. The fraction of sp³-hybridized carbons (Fsp3) is 0.870. The van der Waals surface area contributed by atoms with Gasteiger partial charge in [0.1, 0.15) is 12.2 Å². The Balaban J connectivity index is 1.51. The molecule has 0 radical (unpaired) electrons. The predicted molar refractivity (Wildman–Crippen MR) is 113 cm³/mol. The Bertz CT molecular complexity index is 759. The smallest absolute Gasteiger partial charge is 0.248 e. The molecule has 9 heteroatoms. The third-order valence-corrected chi connectivity index (χ3v) is 8.40. The van der Waals surface area contributed by atoms with Gasteiger partial charge in [-0.25, -0.2) is 13.2 Å². The lowest BCUT2D eigenvalue weighted by molar-refractivity contribution is -0.131. The summed E-state index contributed by atoms with van der Waals surface area (Å²) in [7, 11) is 0. The average molecular weight is 457 g/mol. The fourth-order valence-corrected chi connectivity index (χ4v) is 5.50. The van der Waals surface area contributed by atoms with Crippen LogP contribution in [-0.2, 0) is 9.59 Å². The molecule has 0 bridgehead atoms. The average Bonchev–Trinajstić information content (AvgIpc) is 3.21. The van der Waals surface area contributed by atoms with E-state index < -0.39 is 18.1 Å². The van der Waals surface area contributed by atoms with E-state index in [1.165, 1.54) is 4.90 Å². The SMILES string of the molecule is CC1(C)[C@H](CNC(=O)C2CCC(F)(F)CC2)CC[C@]1(C)NCC(=O)N1C[C@@H](F)C[C@H]1C#N. The van der Waals surface area contributed by atoms with Gasteiger partial charge in [-0.2, -0.15) is 5.26 Å². The van der Waals surface area contributed by atoms with E-state index in [1.54, 1.807) is 0 Å². The van der Waals surface area contributed by atoms with Crippen molar-refractivity contribution in [3.05, 3.63) is 0 Å². The second-order valence-corrected chi connectivity index (χ2v) is 10.5. The highest BCUT2D eigenvalue weighted by Gasteiger charge is 2.51. The summed E-state index contributed by atoms with van der Waals surface area (Å²) in [5.74, 6) is -3.26. The van der Waals surface area contributed by atoms with Gasteiger partial charge in [0.25, 0.3) is 0 Å². The highest BCUT2D eigenvalue weighted by molar-refractivity contribution is 5.79. The summed E-state index contributed by atoms with van der Waals surface area (Å²) in [5.41, 5.74) is -0.621. The van der Waals surface area contributed by atoms with E-state index in [0.717, 1.165) is 12.8 Å². The minimum atomic E-state index is -2.65. The molecule has 2 amide bonds. The van der Waals surface area contributed by atoms with Crippen LogP contribution in [0.5, 0.6) is 0 Å². The normalized spacial score (nSPS) is 34.3. The van der Waals surface area contributed by atoms with Crippen LogP contribution in [0.4, 0.5) is 13.2 Å². The van der Waals surface area contributed by atoms with Gasteiger partial charge in [-0.3, -0.25) is 9.59 Å². The van der Waals surface area contributed by atoms with E-state index in [1.807, 2.05) is 6.07 Å². The van der Waals surface area contributed by atoms with Crippen molar-refractivity contribution in [3.63, 3.8) is 0 Å². The Morgan fingerprint density at radius 1 is 1.12 bits per heavy atom. The molecule has 4 atom stereocenters. The predicted octanol–water partition coefficient (Wildman–Crippen LogP) is 3.18. The maximum absolute atomic E-state index is 13.6. The molecule has 3 aliphatic rings. The van der Waals surface area contributed by atoms with Crippen LogP contribution in [-0.4, -0.2) is 60.0 Å². The number of nitrogens with zero attached hydrogens (tertiary/aromatic N) is 2. The van der Waals surface area contributed by atoms with Gasteiger partial charge in [0.05, 0.1) is 19.2 Å². The number of hydrogen-bond acceptors (Lipinski definition) is 4. The molecule has 2 saturated carbocycles. The second-order valence-electron chi connectivity index (χ2n) is 10.5. The molecule has 1 aliphatic heterocycles. The van der Waals surface area contributed by atoms with Crippen LogP contribution in [0, 0.1) is 28.6 Å². The molecule has 32 heavy (non-hydrogen) atoms. The van der Waals surface area contributed by atoms with Crippen molar-refractivity contribution in [2.24, 2.45) is 17.3 Å². The van der Waals surface area contributed by atoms with E-state index in [0.29, 0.717) is 6.54 Å². The first kappa shape index (κ1) is 24.8. The quantitative estimate of drug-likeness (QED) is 0.643. The van der Waals surface area contributed by atoms with E-state index in [4.69, 9.17) is 0 Å². The Morgan fingerprint density at radius 2 is 1.78 bits per heavy atom. The summed E-state index contributed by atoms with van der Waals surface area (Å²) < 4.78 is 40.3. The number of nitrogens with one attached hydrogen (secondary N) is 2. The summed E-state index contributed by atoms with van der Waals surface area (Å²) in [4.78, 5) is 26.4. The van der Waals surface area contributed by atoms with Crippen molar-refractivity contribution in [1.29, 1.82) is 5.26 Å². The summed E-state index contributed by atoms with van der Waals surface area (Å²) in [6, 6.07) is 1.28. The molecule has 1 heterocycles. The van der Waals surface area contributed by atoms with Crippen LogP contribution in [0.1, 0.15) is 65.7 Å². The standard InChI is InChI=1S/C23H35F3N4O2/c1-21(2)16(12-28-20(32)15-4-8-23(25,26)9-5-15)6-7-22(21,3)29-13-19(31)30-14-17(24)10-18(30)11-27/h15-18,29H,4-10,12-14H2,1-3H3,(H,28,32)/t16-,17-,18-,22-/m0/s1. The van der Waals surface area contributed by atoms with Crippen LogP contribution in [0.3, 0.4) is 0 Å². The number of carbonyl (C=O) groups is 2. The van der Waals surface area contributed by atoms with E-state index >= 15 is 0 Å². The highest BCUT2D eigenvalue weighted by atomic mass is 19.3. The molecule has 0 spiro atoms. The third-order valence-electron chi connectivity index (χ3n) is 8.40. The number of carbonyl (C=O) groups excluding carboxylic acids is 2. The minimum absolute atomic E-state index is 0.0280. The maximum Gasteiger partial charge on any atom is 0.248 e. The summed E-state index contributed by atoms with van der Waals surface area (Å²) in [5, 5.41) is 15.5. The maximum atomic E-state index is 13.6. The van der Waals surface area contributed by atoms with Crippen molar-refractivity contribution in [2.75, 3.05) is 19.6 Å². The Labute approximate surface area is 188 Å². The number of alkyl halides is 3. The van der Waals surface area contributed by atoms with Gasteiger partial charge in [-0.1, -0.05) is 13.8 Å². The molecular formula is C23H35F3N4O2. The molecule has 3 fully saturated rings. The lowest BCUT2D eigenvalue weighted by Gasteiger charge is -2.43. The molecule has 6 nitrogen and oxygen atoms in total. The lowest BCUT2D eigenvalue weighted by Crippen LogP contribution is -2.56. The van der Waals surface area contributed by atoms with Gasteiger partial charge in [0, 0.05) is 37.3 Å². The van der Waals surface area contributed by atoms with E-state index in [-0.39, 0.29) is 79.8 Å². The van der Waals surface area contributed by atoms with E-state index in [2.05, 4.69) is 31.4 Å². The molecular weight excluding hydrogens is 421 g/mol. The van der Waals surface area contributed by atoms with Crippen LogP contribution in [0.25, 0.3) is 0 Å². The number of amides is 2. The number of nitriles is 1. The first-order valence-corrected chi connectivity index (χ1v) is 11.6. The van der Waals surface area contributed by atoms with Gasteiger partial charge in [-0.15, -0.1) is 0 Å². The number of likely N-dealkylation sites (tertiary alicyclic amines) is 1. The van der Waals surface area contributed by atoms with Gasteiger partial charge in [0.2, 0.25) is 17.7 Å². The van der Waals surface area contributed by atoms with Crippen LogP contribution >= 0.6 is 0 Å². The number of halogens is 3. The van der Waals surface area contributed by atoms with Crippen LogP contribution in [0.2, 0.25) is 0 Å². The van der Waals surface area contributed by atoms with Crippen molar-refractivity contribution < 1.29 is 22.8 Å². The van der Waals surface area contributed by atoms with Gasteiger partial charge < -0.3 is 15.5 Å². The van der Waals surface area contributed by atoms with Gasteiger partial charge >= 0.3 is 0 Å². The molecule has 2 N–H and O–H groups in total. The largest absolute Gasteiger partial charge is 0.356 e. The van der Waals surface area contributed by atoms with Crippen molar-refractivity contribution in [2.45, 2.75) is 89.4 Å². The van der Waals surface area contributed by atoms with Crippen LogP contribution < -0.4 is 10.6 Å². The fourth-order valence-electron chi connectivity index (χ4n) is 5.50. The molecule has 1 saturated heterocycles. The molecule has 180 valence electrons. The molecule has 2 aliphatic carbocycles. The zero-order valence-corrected chi connectivity index (χ0v) is 19.2. The van der Waals surface area contributed by atoms with Crippen molar-refractivity contribution in [3.8, 4) is 6.07 Å². The Hall–Kier alpha value is -1.82. The molecule has 0 aromatic heterocycles. The summed E-state index contributed by atoms with van der Waals surface area (Å²) in [6.45, 7) is 6.70. The van der Waals surface area contributed by atoms with E-state index in [9.17, 15) is 28.0 Å². The Morgan fingerprint density at radius 3 is 2.41 bits per heavy atom. The topological polar surface area (TPSA) is 85.2 Å². The first-order chi connectivity index (χ1) is 14.9. The monoisotopic (exact) mass is 456 g/mol. The first-order valence-electron chi connectivity index (χ1n) is 11.6. The zero-order chi connectivity index (χ0) is 23.7. The zero-order valence-electron chi connectivity index (χ0n) is 19.2. The second kappa shape index (κ2) is 9.20. The van der Waals surface area contributed by atoms with Gasteiger partial charge in [-0.05, 0) is 43.9 Å². The number of hydrogen-bond donors (Lipinski definition) is 2. The summed E-state index contributed by atoms with van der Waals surface area (Å²) in [6.07, 6.45) is 0.520. The molecule has 0 aromatic rings. The summed E-state index contributed by atoms with van der Waals surface area (Å²) >= 11 is 0. The minimum Gasteiger partial charge on any atom is -0.356 e. The highest BCUT2D eigenvalue weighted by Crippen LogP contribution is 2.49. The molecule has 0 unspecified atom stereocenters. The molecule has 3 rings (SSSR count). The third kappa shape index (κ3) is 5.05. The van der Waals surface area contributed by atoms with Gasteiger partial charge in [0.15, 0.2) is 0 Å².